The van der Waals surface area contributed by atoms with Gasteiger partial charge in [-0.15, -0.1) is 24.0 Å². The number of nitrogens with zero attached hydrogens (tertiary/aromatic N) is 1. The van der Waals surface area contributed by atoms with Crippen LogP contribution in [0.2, 0.25) is 0 Å². The normalized spacial score (nSPS) is 10.8. The summed E-state index contributed by atoms with van der Waals surface area (Å²) >= 11 is 0. The van der Waals surface area contributed by atoms with Crippen LogP contribution in [-0.2, 0) is 12.8 Å². The number of aliphatic imine (C=N–C) groups is 1. The highest BCUT2D eigenvalue weighted by Gasteiger charge is 2.06. The van der Waals surface area contributed by atoms with Gasteiger partial charge in [-0.1, -0.05) is 12.1 Å². The maximum Gasteiger partial charge on any atom is 0.190 e. The molecule has 0 unspecified atom stereocenters. The number of ether oxygens (including phenoxy) is 2. The molecular formula is C20H26F2IN3O2. The lowest BCUT2D eigenvalue weighted by Crippen LogP contribution is -2.39. The molecule has 2 aromatic carbocycles. The quantitative estimate of drug-likeness (QED) is 0.328. The average Bonchev–Trinajstić information content (AvgIpc) is 2.68. The predicted molar refractivity (Wildman–Crippen MR) is 118 cm³/mol. The van der Waals surface area contributed by atoms with Gasteiger partial charge in [0.2, 0.25) is 0 Å². The molecule has 0 aliphatic rings. The summed E-state index contributed by atoms with van der Waals surface area (Å²) in [4.78, 5) is 4.14. The first-order valence-corrected chi connectivity index (χ1v) is 8.66. The maximum atomic E-state index is 13.6. The highest BCUT2D eigenvalue weighted by atomic mass is 127. The molecule has 8 heteroatoms. The van der Waals surface area contributed by atoms with Crippen LogP contribution < -0.4 is 20.1 Å². The van der Waals surface area contributed by atoms with Crippen molar-refractivity contribution in [3.05, 3.63) is 59.2 Å². The molecule has 0 amide bonds. The highest BCUT2D eigenvalue weighted by molar-refractivity contribution is 14.0. The van der Waals surface area contributed by atoms with Crippen molar-refractivity contribution in [2.45, 2.75) is 12.8 Å². The third kappa shape index (κ3) is 7.14. The predicted octanol–water partition coefficient (Wildman–Crippen LogP) is 3.55. The lowest BCUT2D eigenvalue weighted by molar-refractivity contribution is 0.354. The number of rotatable bonds is 8. The molecule has 0 aromatic heterocycles. The van der Waals surface area contributed by atoms with Gasteiger partial charge in [0.25, 0.3) is 0 Å². The van der Waals surface area contributed by atoms with E-state index in [1.54, 1.807) is 21.3 Å². The molecule has 2 N–H and O–H groups in total. The number of methoxy groups -OCH3 is 2. The Kier molecular flexibility index (Phi) is 10.6. The fourth-order valence-electron chi connectivity index (χ4n) is 2.62. The van der Waals surface area contributed by atoms with Crippen LogP contribution in [0.25, 0.3) is 0 Å². The summed E-state index contributed by atoms with van der Waals surface area (Å²) in [6, 6.07) is 9.41. The minimum atomic E-state index is -0.572. The number of guanidine groups is 1. The molecule has 0 bridgehead atoms. The molecule has 0 aliphatic carbocycles. The molecule has 0 saturated heterocycles. The summed E-state index contributed by atoms with van der Waals surface area (Å²) < 4.78 is 37.1. The first-order chi connectivity index (χ1) is 13.1. The van der Waals surface area contributed by atoms with E-state index < -0.39 is 11.6 Å². The summed E-state index contributed by atoms with van der Waals surface area (Å²) in [5.41, 5.74) is 1.56. The molecule has 2 aromatic rings. The number of halogens is 3. The first-order valence-electron chi connectivity index (χ1n) is 8.66. The molecule has 2 rings (SSSR count). The Balaban J connectivity index is 0.00000392. The van der Waals surface area contributed by atoms with E-state index in [0.29, 0.717) is 42.5 Å². The zero-order valence-electron chi connectivity index (χ0n) is 16.2. The summed E-state index contributed by atoms with van der Waals surface area (Å²) in [6.07, 6.45) is 1.20. The van der Waals surface area contributed by atoms with Gasteiger partial charge < -0.3 is 20.1 Å². The molecule has 5 nitrogen and oxygen atoms in total. The van der Waals surface area contributed by atoms with Crippen molar-refractivity contribution in [2.24, 2.45) is 4.99 Å². The van der Waals surface area contributed by atoms with E-state index in [1.807, 2.05) is 18.2 Å². The summed E-state index contributed by atoms with van der Waals surface area (Å²) in [7, 11) is 4.88. The van der Waals surface area contributed by atoms with Crippen molar-refractivity contribution in [3.8, 4) is 11.5 Å². The van der Waals surface area contributed by atoms with Crippen LogP contribution in [0.5, 0.6) is 11.5 Å². The zero-order chi connectivity index (χ0) is 19.6. The lowest BCUT2D eigenvalue weighted by Gasteiger charge is -2.13. The summed E-state index contributed by atoms with van der Waals surface area (Å²) in [5.74, 6) is 0.904. The molecule has 0 radical (unpaired) electrons. The Hall–Kier alpha value is -2.10. The number of hydrogen-bond donors (Lipinski definition) is 2. The fraction of sp³-hybridized carbons (Fsp3) is 0.350. The second-order valence-corrected chi connectivity index (χ2v) is 5.85. The van der Waals surface area contributed by atoms with Gasteiger partial charge in [0.1, 0.15) is 11.6 Å². The highest BCUT2D eigenvalue weighted by Crippen LogP contribution is 2.27. The Labute approximate surface area is 181 Å². The Morgan fingerprint density at radius 2 is 1.61 bits per heavy atom. The first kappa shape index (κ1) is 23.9. The van der Waals surface area contributed by atoms with Crippen LogP contribution in [-0.4, -0.2) is 40.3 Å². The molecule has 0 atom stereocenters. The van der Waals surface area contributed by atoms with Crippen LogP contribution in [0, 0.1) is 11.6 Å². The molecule has 0 heterocycles. The van der Waals surface area contributed by atoms with Crippen LogP contribution >= 0.6 is 24.0 Å². The van der Waals surface area contributed by atoms with Gasteiger partial charge in [0, 0.05) is 26.2 Å². The van der Waals surface area contributed by atoms with Gasteiger partial charge in [-0.2, -0.15) is 0 Å². The van der Waals surface area contributed by atoms with Gasteiger partial charge in [-0.25, -0.2) is 8.78 Å². The van der Waals surface area contributed by atoms with E-state index in [1.165, 1.54) is 12.1 Å². The minimum absolute atomic E-state index is 0. The number of hydrogen-bond acceptors (Lipinski definition) is 3. The Morgan fingerprint density at radius 3 is 2.21 bits per heavy atom. The standard InChI is InChI=1S/C20H25F2N3O2.HI/c1-23-20(25-11-9-15-5-6-16(21)13-17(15)22)24-10-8-14-4-7-18(26-2)19(12-14)27-3;/h4-7,12-13H,8-11H2,1-3H3,(H2,23,24,25);1H. The molecule has 0 saturated carbocycles. The second-order valence-electron chi connectivity index (χ2n) is 5.85. The van der Waals surface area contributed by atoms with Gasteiger partial charge in [-0.05, 0) is 42.2 Å². The van der Waals surface area contributed by atoms with Crippen molar-refractivity contribution < 1.29 is 18.3 Å². The lowest BCUT2D eigenvalue weighted by atomic mass is 10.1. The van der Waals surface area contributed by atoms with E-state index >= 15 is 0 Å². The molecular weight excluding hydrogens is 479 g/mol. The van der Waals surface area contributed by atoms with E-state index in [-0.39, 0.29) is 24.0 Å². The van der Waals surface area contributed by atoms with E-state index in [2.05, 4.69) is 15.6 Å². The minimum Gasteiger partial charge on any atom is -0.493 e. The number of nitrogens with one attached hydrogen (secondary N) is 2. The molecule has 28 heavy (non-hydrogen) atoms. The van der Waals surface area contributed by atoms with E-state index in [0.717, 1.165) is 18.1 Å². The van der Waals surface area contributed by atoms with Crippen molar-refractivity contribution in [1.29, 1.82) is 0 Å². The molecule has 0 aliphatic heterocycles. The second kappa shape index (κ2) is 12.4. The third-order valence-corrected chi connectivity index (χ3v) is 4.08. The Morgan fingerprint density at radius 1 is 0.929 bits per heavy atom. The van der Waals surface area contributed by atoms with Crippen LogP contribution in [0.15, 0.2) is 41.4 Å². The van der Waals surface area contributed by atoms with Gasteiger partial charge in [0.15, 0.2) is 17.5 Å². The molecule has 0 spiro atoms. The van der Waals surface area contributed by atoms with Crippen molar-refractivity contribution in [3.63, 3.8) is 0 Å². The number of benzene rings is 2. The molecule has 154 valence electrons. The smallest absolute Gasteiger partial charge is 0.190 e. The average molecular weight is 505 g/mol. The van der Waals surface area contributed by atoms with Crippen LogP contribution in [0.4, 0.5) is 8.78 Å². The topological polar surface area (TPSA) is 54.9 Å². The third-order valence-electron chi connectivity index (χ3n) is 4.08. The Bertz CT molecular complexity index is 788. The van der Waals surface area contributed by atoms with E-state index in [9.17, 15) is 8.78 Å². The summed E-state index contributed by atoms with van der Waals surface area (Å²) in [5, 5.41) is 6.33. The van der Waals surface area contributed by atoms with Gasteiger partial charge in [-0.3, -0.25) is 4.99 Å². The van der Waals surface area contributed by atoms with Crippen molar-refractivity contribution >= 4 is 29.9 Å². The van der Waals surface area contributed by atoms with Crippen LogP contribution in [0.1, 0.15) is 11.1 Å². The molecule has 0 fully saturated rings. The van der Waals surface area contributed by atoms with E-state index in [4.69, 9.17) is 9.47 Å². The van der Waals surface area contributed by atoms with Gasteiger partial charge >= 0.3 is 0 Å². The van der Waals surface area contributed by atoms with Crippen molar-refractivity contribution in [2.75, 3.05) is 34.4 Å². The largest absolute Gasteiger partial charge is 0.493 e. The summed E-state index contributed by atoms with van der Waals surface area (Å²) in [6.45, 7) is 1.15. The van der Waals surface area contributed by atoms with Crippen molar-refractivity contribution in [1.82, 2.24) is 10.6 Å². The van der Waals surface area contributed by atoms with Crippen LogP contribution in [0.3, 0.4) is 0 Å². The zero-order valence-corrected chi connectivity index (χ0v) is 18.6. The SMILES string of the molecule is CN=C(NCCc1ccc(OC)c(OC)c1)NCCc1ccc(F)cc1F.I. The maximum absolute atomic E-state index is 13.6. The van der Waals surface area contributed by atoms with Gasteiger partial charge in [0.05, 0.1) is 14.2 Å². The fourth-order valence-corrected chi connectivity index (χ4v) is 2.62. The monoisotopic (exact) mass is 505 g/mol.